The molecule has 1 saturated heterocycles. The second kappa shape index (κ2) is 7.19. The van der Waals surface area contributed by atoms with E-state index in [4.69, 9.17) is 0 Å². The molecule has 1 aromatic rings. The van der Waals surface area contributed by atoms with E-state index in [1.165, 1.54) is 0 Å². The van der Waals surface area contributed by atoms with Gasteiger partial charge in [0.1, 0.15) is 11.4 Å². The van der Waals surface area contributed by atoms with Crippen LogP contribution in [0.25, 0.3) is 0 Å². The molecule has 7 nitrogen and oxygen atoms in total. The fourth-order valence-corrected chi connectivity index (χ4v) is 5.37. The number of nitrogens with one attached hydrogen (secondary N) is 1. The minimum atomic E-state index is -1.47. The molecular formula is C16H15BrN2O5S. The van der Waals surface area contributed by atoms with Gasteiger partial charge in [-0.3, -0.25) is 14.5 Å². The molecule has 1 fully saturated rings. The Morgan fingerprint density at radius 2 is 2.04 bits per heavy atom. The lowest BCUT2D eigenvalue weighted by Crippen LogP contribution is -2.74. The molecule has 25 heavy (non-hydrogen) atoms. The second-order valence-electron chi connectivity index (χ2n) is 5.72. The van der Waals surface area contributed by atoms with Crippen LogP contribution in [-0.2, 0) is 32.0 Å². The van der Waals surface area contributed by atoms with Crippen LogP contribution < -0.4 is 5.32 Å². The van der Waals surface area contributed by atoms with Crippen molar-refractivity contribution in [1.82, 2.24) is 10.2 Å². The van der Waals surface area contributed by atoms with Gasteiger partial charge in [-0.1, -0.05) is 46.3 Å². The van der Waals surface area contributed by atoms with Gasteiger partial charge in [0.25, 0.3) is 5.91 Å². The summed E-state index contributed by atoms with van der Waals surface area (Å²) in [7, 11) is 0. The lowest BCUT2D eigenvalue weighted by atomic mass is 10.0. The number of carbonyl (C=O) groups is 3. The van der Waals surface area contributed by atoms with E-state index >= 15 is 0 Å². The zero-order valence-corrected chi connectivity index (χ0v) is 15.4. The Morgan fingerprint density at radius 3 is 2.64 bits per heavy atom. The third kappa shape index (κ3) is 3.31. The van der Waals surface area contributed by atoms with Crippen molar-refractivity contribution in [2.24, 2.45) is 0 Å². The van der Waals surface area contributed by atoms with Gasteiger partial charge in [0.2, 0.25) is 11.3 Å². The van der Waals surface area contributed by atoms with Crippen molar-refractivity contribution < 1.29 is 24.0 Å². The van der Waals surface area contributed by atoms with Gasteiger partial charge in [-0.25, -0.2) is 4.79 Å². The normalized spacial score (nSPS) is 25.3. The van der Waals surface area contributed by atoms with Gasteiger partial charge in [0.05, 0.1) is 6.42 Å². The molecule has 0 bridgehead atoms. The number of benzene rings is 1. The first kappa shape index (κ1) is 18.0. The summed E-state index contributed by atoms with van der Waals surface area (Å²) in [5, 5.41) is 11.3. The number of carbonyl (C=O) groups excluding carboxylic acids is 2. The first-order valence-corrected chi connectivity index (χ1v) is 9.99. The Hall–Kier alpha value is -1.84. The first-order valence-electron chi connectivity index (χ1n) is 7.49. The predicted molar refractivity (Wildman–Crippen MR) is 94.2 cm³/mol. The SMILES string of the molecule is O=C(Cc1ccccc1)N[C@@H]1C(=O)N2C(C(=O)O)=C(CBr)C[S@+]([O-])[C@H]12. The lowest BCUT2D eigenvalue weighted by Gasteiger charge is -2.48. The van der Waals surface area contributed by atoms with Crippen LogP contribution in [0.5, 0.6) is 0 Å². The number of rotatable bonds is 5. The Morgan fingerprint density at radius 1 is 1.36 bits per heavy atom. The maximum absolute atomic E-state index is 12.4. The summed E-state index contributed by atoms with van der Waals surface area (Å²) in [5.74, 6) is -2.09. The molecular weight excluding hydrogens is 412 g/mol. The molecule has 1 aromatic carbocycles. The van der Waals surface area contributed by atoms with Gasteiger partial charge in [0.15, 0.2) is 6.04 Å². The number of halogens is 1. The monoisotopic (exact) mass is 426 g/mol. The number of β-lactam (4-membered cyclic amide) rings is 1. The maximum atomic E-state index is 12.4. The van der Waals surface area contributed by atoms with E-state index in [0.29, 0.717) is 5.57 Å². The van der Waals surface area contributed by atoms with E-state index in [-0.39, 0.29) is 29.1 Å². The molecule has 132 valence electrons. The summed E-state index contributed by atoms with van der Waals surface area (Å²) in [6, 6.07) is 8.08. The van der Waals surface area contributed by atoms with Crippen LogP contribution in [0.15, 0.2) is 41.6 Å². The average molecular weight is 427 g/mol. The Kier molecular flexibility index (Phi) is 5.16. The minimum absolute atomic E-state index is 0.0619. The summed E-state index contributed by atoms with van der Waals surface area (Å²) < 4.78 is 12.4. The fourth-order valence-electron chi connectivity index (χ4n) is 2.96. The molecule has 2 N–H and O–H groups in total. The third-order valence-electron chi connectivity index (χ3n) is 4.09. The molecule has 0 saturated carbocycles. The number of hydrogen-bond donors (Lipinski definition) is 2. The summed E-state index contributed by atoms with van der Waals surface area (Å²) in [4.78, 5) is 37.0. The van der Waals surface area contributed by atoms with Gasteiger partial charge < -0.3 is 15.0 Å². The first-order chi connectivity index (χ1) is 11.9. The number of nitrogens with zero attached hydrogens (tertiary/aromatic N) is 1. The number of alkyl halides is 1. The number of aliphatic carboxylic acids is 1. The summed E-state index contributed by atoms with van der Waals surface area (Å²) >= 11 is 1.70. The summed E-state index contributed by atoms with van der Waals surface area (Å²) in [5.41, 5.74) is 1.06. The highest BCUT2D eigenvalue weighted by atomic mass is 79.9. The van der Waals surface area contributed by atoms with Gasteiger partial charge >= 0.3 is 5.97 Å². The molecule has 0 radical (unpaired) electrons. The van der Waals surface area contributed by atoms with Crippen LogP contribution in [0.3, 0.4) is 0 Å². The van der Waals surface area contributed by atoms with E-state index in [1.54, 1.807) is 24.3 Å². The van der Waals surface area contributed by atoms with E-state index in [1.807, 2.05) is 6.07 Å². The van der Waals surface area contributed by atoms with Crippen molar-refractivity contribution in [1.29, 1.82) is 0 Å². The molecule has 9 heteroatoms. The highest BCUT2D eigenvalue weighted by Gasteiger charge is 2.60. The number of amides is 2. The predicted octanol–water partition coefficient (Wildman–Crippen LogP) is 0.378. The number of fused-ring (bicyclic) bond motifs is 1. The van der Waals surface area contributed by atoms with Gasteiger partial charge in [-0.05, 0) is 16.7 Å². The van der Waals surface area contributed by atoms with Crippen LogP contribution in [0.4, 0.5) is 0 Å². The minimum Gasteiger partial charge on any atom is -0.614 e. The Labute approximate surface area is 155 Å². The molecule has 0 unspecified atom stereocenters. The molecule has 2 heterocycles. The second-order valence-corrected chi connectivity index (χ2v) is 7.82. The Bertz CT molecular complexity index is 754. The molecule has 0 aromatic heterocycles. The van der Waals surface area contributed by atoms with Gasteiger partial charge in [-0.2, -0.15) is 0 Å². The smallest absolute Gasteiger partial charge is 0.352 e. The third-order valence-corrected chi connectivity index (χ3v) is 6.42. The topological polar surface area (TPSA) is 110 Å². The molecule has 2 amide bonds. The quantitative estimate of drug-likeness (QED) is 0.401. The molecule has 0 aliphatic carbocycles. The highest BCUT2D eigenvalue weighted by Crippen LogP contribution is 2.37. The fraction of sp³-hybridized carbons (Fsp3) is 0.312. The van der Waals surface area contributed by atoms with E-state index in [2.05, 4.69) is 21.2 Å². The highest BCUT2D eigenvalue weighted by molar-refractivity contribution is 9.09. The van der Waals surface area contributed by atoms with Gasteiger partial charge in [-0.15, -0.1) is 0 Å². The molecule has 3 rings (SSSR count). The van der Waals surface area contributed by atoms with E-state index < -0.39 is 34.5 Å². The number of hydrogen-bond acceptors (Lipinski definition) is 4. The van der Waals surface area contributed by atoms with Crippen molar-refractivity contribution in [3.05, 3.63) is 47.2 Å². The summed E-state index contributed by atoms with van der Waals surface area (Å²) in [6.45, 7) is 0. The van der Waals surface area contributed by atoms with Gasteiger partial charge in [0, 0.05) is 10.9 Å². The molecule has 2 aliphatic rings. The van der Waals surface area contributed by atoms with Crippen molar-refractivity contribution >= 4 is 44.9 Å². The number of carboxylic acid groups (broad SMARTS) is 1. The van der Waals surface area contributed by atoms with Crippen molar-refractivity contribution in [2.45, 2.75) is 17.8 Å². The van der Waals surface area contributed by atoms with Crippen LogP contribution in [-0.4, -0.2) is 54.8 Å². The Balaban J connectivity index is 1.74. The average Bonchev–Trinajstić information content (AvgIpc) is 2.59. The van der Waals surface area contributed by atoms with Crippen LogP contribution in [0.2, 0.25) is 0 Å². The van der Waals surface area contributed by atoms with Crippen LogP contribution >= 0.6 is 15.9 Å². The zero-order valence-electron chi connectivity index (χ0n) is 13.0. The van der Waals surface area contributed by atoms with Crippen molar-refractivity contribution in [3.63, 3.8) is 0 Å². The van der Waals surface area contributed by atoms with E-state index in [0.717, 1.165) is 10.5 Å². The summed E-state index contributed by atoms with van der Waals surface area (Å²) in [6.07, 6.45) is 0.0955. The number of carboxylic acids is 1. The molecule has 0 spiro atoms. The standard InChI is InChI=1S/C16H15BrN2O5S/c17-7-10-8-25(24)15-12(14(21)19(15)13(10)16(22)23)18-11(20)6-9-4-2-1-3-5-9/h1-5,12,15H,6-8H2,(H,18,20)(H,22,23)/t12-,15-,25+/m1/s1. The van der Waals surface area contributed by atoms with Crippen LogP contribution in [0, 0.1) is 0 Å². The maximum Gasteiger partial charge on any atom is 0.352 e. The largest absolute Gasteiger partial charge is 0.614 e. The van der Waals surface area contributed by atoms with Crippen LogP contribution in [0.1, 0.15) is 5.56 Å². The van der Waals surface area contributed by atoms with Crippen molar-refractivity contribution in [3.8, 4) is 0 Å². The van der Waals surface area contributed by atoms with E-state index in [9.17, 15) is 24.0 Å². The molecule has 2 aliphatic heterocycles. The zero-order chi connectivity index (χ0) is 18.1. The van der Waals surface area contributed by atoms with Crippen molar-refractivity contribution in [2.75, 3.05) is 11.1 Å². The lowest BCUT2D eigenvalue weighted by molar-refractivity contribution is -0.151. The molecule has 3 atom stereocenters.